The fraction of sp³-hybridized carbons (Fsp3) is 0.750. The number of hydrogen-bond donors (Lipinski definition) is 0. The van der Waals surface area contributed by atoms with Gasteiger partial charge in [-0.25, -0.2) is 4.39 Å². The lowest BCUT2D eigenvalue weighted by Gasteiger charge is -2.36. The van der Waals surface area contributed by atoms with Gasteiger partial charge in [0, 0.05) is 0 Å². The second kappa shape index (κ2) is 1.49. The van der Waals surface area contributed by atoms with Crippen molar-refractivity contribution in [1.29, 1.82) is 0 Å². The summed E-state index contributed by atoms with van der Waals surface area (Å²) >= 11 is 0. The first-order valence-electron chi connectivity index (χ1n) is 2.26. The van der Waals surface area contributed by atoms with Crippen LogP contribution in [0, 0.1) is 0 Å². The van der Waals surface area contributed by atoms with Gasteiger partial charge in [-0.15, -0.1) is 0 Å². The Morgan fingerprint density at radius 3 is 1.70 bits per heavy atom. The molecule has 0 radical (unpaired) electrons. The van der Waals surface area contributed by atoms with Gasteiger partial charge in [0.15, 0.2) is 0 Å². The molecule has 0 aromatic carbocycles. The van der Waals surface area contributed by atoms with E-state index in [0.717, 1.165) is 0 Å². The maximum Gasteiger partial charge on any atom is 0.373 e. The van der Waals surface area contributed by atoms with Crippen molar-refractivity contribution < 1.29 is 26.7 Å². The summed E-state index contributed by atoms with van der Waals surface area (Å²) in [5.74, 6) is -11.9. The van der Waals surface area contributed by atoms with Gasteiger partial charge in [0.05, 0.1) is 0 Å². The summed E-state index contributed by atoms with van der Waals surface area (Å²) < 4.78 is 58.1. The van der Waals surface area contributed by atoms with Gasteiger partial charge in [-0.1, -0.05) is 0 Å². The molecule has 1 saturated carbocycles. The lowest BCUT2D eigenvalue weighted by Crippen LogP contribution is -2.69. The van der Waals surface area contributed by atoms with Crippen LogP contribution in [-0.4, -0.2) is 23.8 Å². The van der Waals surface area contributed by atoms with Gasteiger partial charge in [0.1, 0.15) is 0 Å². The molecular formula is C4HF5O. The zero-order chi connectivity index (χ0) is 8.15. The third-order valence-corrected chi connectivity index (χ3v) is 1.28. The lowest BCUT2D eigenvalue weighted by atomic mass is 9.85. The number of alkyl halides is 5. The van der Waals surface area contributed by atoms with E-state index in [1.165, 1.54) is 0 Å². The van der Waals surface area contributed by atoms with Crippen molar-refractivity contribution in [3.63, 3.8) is 0 Å². The van der Waals surface area contributed by atoms with Gasteiger partial charge in [-0.05, 0) is 0 Å². The molecule has 1 unspecified atom stereocenters. The van der Waals surface area contributed by atoms with E-state index in [9.17, 15) is 26.7 Å². The third-order valence-electron chi connectivity index (χ3n) is 1.28. The number of carbonyl (C=O) groups is 1. The van der Waals surface area contributed by atoms with Crippen molar-refractivity contribution in [1.82, 2.24) is 0 Å². The van der Waals surface area contributed by atoms with E-state index in [4.69, 9.17) is 0 Å². The Labute approximate surface area is 51.8 Å². The minimum absolute atomic E-state index is 2.34. The van der Waals surface area contributed by atoms with E-state index < -0.39 is 23.8 Å². The minimum Gasteiger partial charge on any atom is -0.289 e. The molecule has 0 aliphatic heterocycles. The molecule has 10 heavy (non-hydrogen) atoms. The van der Waals surface area contributed by atoms with Crippen LogP contribution in [0.1, 0.15) is 0 Å². The summed E-state index contributed by atoms with van der Waals surface area (Å²) in [6, 6.07) is 0. The first-order chi connectivity index (χ1) is 4.32. The Balaban J connectivity index is 2.92. The maximum atomic E-state index is 11.6. The zero-order valence-electron chi connectivity index (χ0n) is 4.38. The van der Waals surface area contributed by atoms with Crippen LogP contribution in [-0.2, 0) is 4.79 Å². The van der Waals surface area contributed by atoms with Gasteiger partial charge in [0.25, 0.3) is 0 Å². The molecule has 1 nitrogen and oxygen atoms in total. The predicted molar refractivity (Wildman–Crippen MR) is 19.8 cm³/mol. The minimum atomic E-state index is -4.80. The number of halogens is 5. The highest BCUT2D eigenvalue weighted by atomic mass is 19.3. The van der Waals surface area contributed by atoms with Crippen LogP contribution in [0.2, 0.25) is 0 Å². The van der Waals surface area contributed by atoms with Crippen LogP contribution in [0.3, 0.4) is 0 Å². The average Bonchev–Trinajstić information content (AvgIpc) is 1.84. The van der Waals surface area contributed by atoms with Crippen molar-refractivity contribution in [3.05, 3.63) is 0 Å². The summed E-state index contributed by atoms with van der Waals surface area (Å²) in [5.41, 5.74) is 0. The second-order valence-corrected chi connectivity index (χ2v) is 1.92. The number of Topliss-reactive ketones (excluding diaryl/α,β-unsaturated/α-hetero) is 1. The molecule has 0 amide bonds. The lowest BCUT2D eigenvalue weighted by molar-refractivity contribution is -0.275. The fourth-order valence-electron chi connectivity index (χ4n) is 0.569. The Hall–Kier alpha value is -0.680. The van der Waals surface area contributed by atoms with Gasteiger partial charge < -0.3 is 0 Å². The molecule has 0 heterocycles. The van der Waals surface area contributed by atoms with E-state index in [2.05, 4.69) is 0 Å². The summed E-state index contributed by atoms with van der Waals surface area (Å²) in [4.78, 5) is 9.69. The maximum absolute atomic E-state index is 11.6. The Morgan fingerprint density at radius 2 is 1.60 bits per heavy atom. The highest BCUT2D eigenvalue weighted by Crippen LogP contribution is 2.49. The quantitative estimate of drug-likeness (QED) is 0.486. The van der Waals surface area contributed by atoms with E-state index >= 15 is 0 Å². The molecule has 0 aromatic heterocycles. The molecule has 58 valence electrons. The average molecular weight is 160 g/mol. The van der Waals surface area contributed by atoms with E-state index in [0.29, 0.717) is 0 Å². The number of ketones is 1. The van der Waals surface area contributed by atoms with Crippen LogP contribution in [0.15, 0.2) is 0 Å². The molecule has 0 spiro atoms. The molecule has 1 atom stereocenters. The summed E-state index contributed by atoms with van der Waals surface area (Å²) in [6.07, 6.45) is -3.33. The summed E-state index contributed by atoms with van der Waals surface area (Å²) in [5, 5.41) is 0. The van der Waals surface area contributed by atoms with Crippen molar-refractivity contribution in [2.24, 2.45) is 0 Å². The smallest absolute Gasteiger partial charge is 0.289 e. The normalized spacial score (nSPS) is 35.3. The SMILES string of the molecule is O=C1C(F)C(F)(F)C1(F)F. The Bertz CT molecular complexity index is 186. The predicted octanol–water partition coefficient (Wildman–Crippen LogP) is 1.18. The molecule has 0 saturated heterocycles. The first kappa shape index (κ1) is 7.43. The van der Waals surface area contributed by atoms with Gasteiger partial charge in [0.2, 0.25) is 12.0 Å². The molecule has 6 heteroatoms. The van der Waals surface area contributed by atoms with Crippen LogP contribution in [0.25, 0.3) is 0 Å². The molecule has 1 aliphatic carbocycles. The van der Waals surface area contributed by atoms with E-state index in [1.807, 2.05) is 0 Å². The zero-order valence-corrected chi connectivity index (χ0v) is 4.38. The standard InChI is InChI=1S/C4HF5O/c5-1-2(10)4(8,9)3(1,6)7/h1H. The van der Waals surface area contributed by atoms with E-state index in [-0.39, 0.29) is 0 Å². The molecule has 1 fully saturated rings. The number of hydrogen-bond acceptors (Lipinski definition) is 1. The van der Waals surface area contributed by atoms with Gasteiger partial charge in [-0.3, -0.25) is 4.79 Å². The van der Waals surface area contributed by atoms with Crippen molar-refractivity contribution in [3.8, 4) is 0 Å². The number of rotatable bonds is 0. The van der Waals surface area contributed by atoms with Gasteiger partial charge in [-0.2, -0.15) is 17.6 Å². The van der Waals surface area contributed by atoms with Crippen LogP contribution < -0.4 is 0 Å². The molecule has 0 N–H and O–H groups in total. The fourth-order valence-corrected chi connectivity index (χ4v) is 0.569. The molecule has 1 aliphatic rings. The number of carbonyl (C=O) groups excluding carboxylic acids is 1. The first-order valence-corrected chi connectivity index (χ1v) is 2.26. The van der Waals surface area contributed by atoms with Crippen LogP contribution in [0.5, 0.6) is 0 Å². The van der Waals surface area contributed by atoms with Crippen LogP contribution >= 0.6 is 0 Å². The summed E-state index contributed by atoms with van der Waals surface area (Å²) in [7, 11) is 0. The third kappa shape index (κ3) is 0.494. The second-order valence-electron chi connectivity index (χ2n) is 1.92. The van der Waals surface area contributed by atoms with Gasteiger partial charge >= 0.3 is 11.8 Å². The van der Waals surface area contributed by atoms with E-state index in [1.54, 1.807) is 0 Å². The Morgan fingerprint density at radius 1 is 1.20 bits per heavy atom. The monoisotopic (exact) mass is 160 g/mol. The molecule has 1 rings (SSSR count). The van der Waals surface area contributed by atoms with Crippen molar-refractivity contribution in [2.75, 3.05) is 0 Å². The van der Waals surface area contributed by atoms with Crippen molar-refractivity contribution >= 4 is 5.78 Å². The van der Waals surface area contributed by atoms with Crippen molar-refractivity contribution in [2.45, 2.75) is 18.0 Å². The highest BCUT2D eigenvalue weighted by Gasteiger charge is 2.80. The molecular weight excluding hydrogens is 159 g/mol. The highest BCUT2D eigenvalue weighted by molar-refractivity contribution is 5.99. The Kier molecular flexibility index (Phi) is 1.10. The molecule has 0 aromatic rings. The largest absolute Gasteiger partial charge is 0.373 e. The molecule has 0 bridgehead atoms. The summed E-state index contributed by atoms with van der Waals surface area (Å²) in [6.45, 7) is 0. The van der Waals surface area contributed by atoms with Crippen LogP contribution in [0.4, 0.5) is 22.0 Å². The topological polar surface area (TPSA) is 17.1 Å².